The summed E-state index contributed by atoms with van der Waals surface area (Å²) in [4.78, 5) is 2.69. The fourth-order valence-electron chi connectivity index (χ4n) is 2.85. The number of anilines is 1. The van der Waals surface area contributed by atoms with Crippen LogP contribution in [0.5, 0.6) is 0 Å². The van der Waals surface area contributed by atoms with Gasteiger partial charge < -0.3 is 4.90 Å². The van der Waals surface area contributed by atoms with Gasteiger partial charge in [-0.1, -0.05) is 28.1 Å². The summed E-state index contributed by atoms with van der Waals surface area (Å²) in [6, 6.07) is 7.78. The largest absolute Gasteiger partial charge is 0.367 e. The second-order valence-corrected chi connectivity index (χ2v) is 8.49. The summed E-state index contributed by atoms with van der Waals surface area (Å²) in [6.45, 7) is 0.928. The molecule has 0 spiro atoms. The lowest BCUT2D eigenvalue weighted by atomic mass is 9.99. The summed E-state index contributed by atoms with van der Waals surface area (Å²) >= 11 is 3.51. The molecule has 0 amide bonds. The van der Waals surface area contributed by atoms with Gasteiger partial charge in [0.1, 0.15) is 4.90 Å². The van der Waals surface area contributed by atoms with Crippen molar-refractivity contribution < 1.29 is 8.42 Å². The summed E-state index contributed by atoms with van der Waals surface area (Å²) in [7, 11) is -0.252. The monoisotopic (exact) mass is 374 g/mol. The first-order valence-corrected chi connectivity index (χ1v) is 9.89. The molecular formula is C15H23BrN2O2S. The molecule has 1 fully saturated rings. The van der Waals surface area contributed by atoms with E-state index in [1.54, 1.807) is 26.2 Å². The molecule has 0 N–H and O–H groups in total. The van der Waals surface area contributed by atoms with E-state index < -0.39 is 10.0 Å². The third-order valence-corrected chi connectivity index (χ3v) is 6.32. The lowest BCUT2D eigenvalue weighted by Gasteiger charge is -2.38. The highest BCUT2D eigenvalue weighted by atomic mass is 79.9. The standard InChI is InChI=1S/C15H23BrN2O2S/c1-17(2)21(19,20)15-9-4-3-8-14(15)18-12-6-5-7-13(18)10-11-16/h3-4,8-9,13H,5-7,10-12H2,1-2H3. The Labute approximate surface area is 136 Å². The fraction of sp³-hybridized carbons (Fsp3) is 0.600. The van der Waals surface area contributed by atoms with Crippen molar-refractivity contribution in [2.45, 2.75) is 36.6 Å². The van der Waals surface area contributed by atoms with Crippen LogP contribution in [0.4, 0.5) is 5.69 Å². The van der Waals surface area contributed by atoms with Gasteiger partial charge in [0.2, 0.25) is 10.0 Å². The number of rotatable bonds is 5. The van der Waals surface area contributed by atoms with E-state index in [-0.39, 0.29) is 0 Å². The van der Waals surface area contributed by atoms with Crippen LogP contribution in [-0.2, 0) is 10.0 Å². The molecule has 1 saturated heterocycles. The van der Waals surface area contributed by atoms with Crippen LogP contribution in [0.1, 0.15) is 25.7 Å². The van der Waals surface area contributed by atoms with Crippen LogP contribution in [0.15, 0.2) is 29.2 Å². The smallest absolute Gasteiger partial charge is 0.244 e. The number of hydrogen-bond acceptors (Lipinski definition) is 3. The molecule has 0 radical (unpaired) electrons. The minimum atomic E-state index is -3.42. The number of benzene rings is 1. The number of nitrogens with zero attached hydrogens (tertiary/aromatic N) is 2. The molecule has 1 atom stereocenters. The minimum absolute atomic E-state index is 0.413. The molecule has 0 aromatic heterocycles. The van der Waals surface area contributed by atoms with E-state index in [0.29, 0.717) is 10.9 Å². The Morgan fingerprint density at radius 3 is 2.67 bits per heavy atom. The quantitative estimate of drug-likeness (QED) is 0.743. The van der Waals surface area contributed by atoms with Gasteiger partial charge >= 0.3 is 0 Å². The topological polar surface area (TPSA) is 40.6 Å². The predicted molar refractivity (Wildman–Crippen MR) is 90.7 cm³/mol. The van der Waals surface area contributed by atoms with Crippen molar-refractivity contribution in [2.24, 2.45) is 0 Å². The molecule has 1 aliphatic heterocycles. The van der Waals surface area contributed by atoms with E-state index >= 15 is 0 Å². The van der Waals surface area contributed by atoms with Crippen LogP contribution >= 0.6 is 15.9 Å². The average molecular weight is 375 g/mol. The Hall–Kier alpha value is -0.590. The Balaban J connectivity index is 2.44. The molecule has 6 heteroatoms. The molecule has 1 heterocycles. The second-order valence-electron chi connectivity index (χ2n) is 5.58. The highest BCUT2D eigenvalue weighted by Gasteiger charge is 2.28. The Bertz CT molecular complexity index is 573. The van der Waals surface area contributed by atoms with Gasteiger partial charge in [0.15, 0.2) is 0 Å². The third-order valence-electron chi connectivity index (χ3n) is 4.00. The highest BCUT2D eigenvalue weighted by molar-refractivity contribution is 9.09. The zero-order valence-electron chi connectivity index (χ0n) is 12.6. The molecule has 1 unspecified atom stereocenters. The molecule has 1 aromatic carbocycles. The number of halogens is 1. The van der Waals surface area contributed by atoms with Gasteiger partial charge in [-0.3, -0.25) is 0 Å². The predicted octanol–water partition coefficient (Wildman–Crippen LogP) is 3.08. The van der Waals surface area contributed by atoms with Gasteiger partial charge in [0, 0.05) is 32.0 Å². The van der Waals surface area contributed by atoms with Crippen molar-refractivity contribution in [3.05, 3.63) is 24.3 Å². The van der Waals surface area contributed by atoms with Crippen molar-refractivity contribution in [1.82, 2.24) is 4.31 Å². The first-order chi connectivity index (χ1) is 9.98. The Morgan fingerprint density at radius 1 is 1.29 bits per heavy atom. The molecule has 118 valence electrons. The summed E-state index contributed by atoms with van der Waals surface area (Å²) in [5.74, 6) is 0. The van der Waals surface area contributed by atoms with Crippen molar-refractivity contribution in [2.75, 3.05) is 30.9 Å². The summed E-state index contributed by atoms with van der Waals surface area (Å²) < 4.78 is 26.4. The van der Waals surface area contributed by atoms with Gasteiger partial charge in [-0.05, 0) is 37.8 Å². The lowest BCUT2D eigenvalue weighted by molar-refractivity contribution is 0.449. The van der Waals surface area contributed by atoms with Crippen LogP contribution in [-0.4, -0.2) is 44.7 Å². The zero-order chi connectivity index (χ0) is 15.5. The first-order valence-electron chi connectivity index (χ1n) is 7.32. The van der Waals surface area contributed by atoms with E-state index in [2.05, 4.69) is 20.8 Å². The third kappa shape index (κ3) is 3.60. The first kappa shape index (κ1) is 16.8. The maximum atomic E-state index is 12.5. The second kappa shape index (κ2) is 7.11. The van der Waals surface area contributed by atoms with Crippen LogP contribution in [0.2, 0.25) is 0 Å². The number of alkyl halides is 1. The maximum Gasteiger partial charge on any atom is 0.244 e. The van der Waals surface area contributed by atoms with Crippen LogP contribution in [0, 0.1) is 0 Å². The van der Waals surface area contributed by atoms with Crippen LogP contribution < -0.4 is 4.90 Å². The van der Waals surface area contributed by atoms with Crippen LogP contribution in [0.3, 0.4) is 0 Å². The molecular weight excluding hydrogens is 352 g/mol. The van der Waals surface area contributed by atoms with Gasteiger partial charge in [-0.2, -0.15) is 0 Å². The van der Waals surface area contributed by atoms with Gasteiger partial charge in [0.05, 0.1) is 5.69 Å². The van der Waals surface area contributed by atoms with E-state index in [1.165, 1.54) is 10.7 Å². The van der Waals surface area contributed by atoms with Crippen molar-refractivity contribution in [3.8, 4) is 0 Å². The number of sulfonamides is 1. The Morgan fingerprint density at radius 2 is 2.00 bits per heavy atom. The minimum Gasteiger partial charge on any atom is -0.367 e. The molecule has 0 aliphatic carbocycles. The van der Waals surface area contributed by atoms with E-state index in [1.807, 2.05) is 12.1 Å². The average Bonchev–Trinajstić information content (AvgIpc) is 2.48. The molecule has 4 nitrogen and oxygen atoms in total. The lowest BCUT2D eigenvalue weighted by Crippen LogP contribution is -2.41. The van der Waals surface area contributed by atoms with E-state index in [9.17, 15) is 8.42 Å². The van der Waals surface area contributed by atoms with Gasteiger partial charge in [-0.25, -0.2) is 12.7 Å². The zero-order valence-corrected chi connectivity index (χ0v) is 15.0. The summed E-state index contributed by atoms with van der Waals surface area (Å²) in [6.07, 6.45) is 4.50. The summed E-state index contributed by atoms with van der Waals surface area (Å²) in [5.41, 5.74) is 0.844. The number of para-hydroxylation sites is 1. The Kier molecular flexibility index (Phi) is 5.68. The molecule has 2 rings (SSSR count). The summed E-state index contributed by atoms with van der Waals surface area (Å²) in [5, 5.41) is 0.941. The fourth-order valence-corrected chi connectivity index (χ4v) is 4.48. The van der Waals surface area contributed by atoms with Gasteiger partial charge in [0.25, 0.3) is 0 Å². The molecule has 1 aliphatic rings. The van der Waals surface area contributed by atoms with E-state index in [4.69, 9.17) is 0 Å². The van der Waals surface area contributed by atoms with Crippen molar-refractivity contribution in [1.29, 1.82) is 0 Å². The number of hydrogen-bond donors (Lipinski definition) is 0. The highest BCUT2D eigenvalue weighted by Crippen LogP contribution is 2.32. The maximum absolute atomic E-state index is 12.5. The van der Waals surface area contributed by atoms with Crippen LogP contribution in [0.25, 0.3) is 0 Å². The normalized spacial score (nSPS) is 20.0. The molecule has 21 heavy (non-hydrogen) atoms. The van der Waals surface area contributed by atoms with E-state index in [0.717, 1.165) is 36.8 Å². The molecule has 0 saturated carbocycles. The number of piperidine rings is 1. The van der Waals surface area contributed by atoms with Crippen molar-refractivity contribution >= 4 is 31.6 Å². The van der Waals surface area contributed by atoms with Crippen molar-refractivity contribution in [3.63, 3.8) is 0 Å². The van der Waals surface area contributed by atoms with Gasteiger partial charge in [-0.15, -0.1) is 0 Å². The molecule has 1 aromatic rings. The molecule has 0 bridgehead atoms. The SMILES string of the molecule is CN(C)S(=O)(=O)c1ccccc1N1CCCCC1CCBr.